The van der Waals surface area contributed by atoms with E-state index in [0.717, 1.165) is 35.6 Å². The largest absolute Gasteiger partial charge is 0.372 e. The van der Waals surface area contributed by atoms with Crippen LogP contribution in [0.3, 0.4) is 0 Å². The Labute approximate surface area is 191 Å². The minimum atomic E-state index is -0.239. The van der Waals surface area contributed by atoms with Gasteiger partial charge in [-0.15, -0.1) is 11.3 Å². The molecular formula is C24H29N5O2S. The fraction of sp³-hybridized carbons (Fsp3) is 0.375. The Hall–Kier alpha value is -3.13. The second-order valence-corrected chi connectivity index (χ2v) is 8.84. The number of benzene rings is 1. The Morgan fingerprint density at radius 1 is 1.19 bits per heavy atom. The Morgan fingerprint density at radius 2 is 2.03 bits per heavy atom. The van der Waals surface area contributed by atoms with Crippen LogP contribution in [-0.4, -0.2) is 39.7 Å². The average Bonchev–Trinajstić information content (AvgIpc) is 3.38. The van der Waals surface area contributed by atoms with Gasteiger partial charge in [-0.3, -0.25) is 14.0 Å². The van der Waals surface area contributed by atoms with Crippen molar-refractivity contribution in [2.75, 3.05) is 24.5 Å². The van der Waals surface area contributed by atoms with Crippen LogP contribution in [0.2, 0.25) is 0 Å². The van der Waals surface area contributed by atoms with Crippen molar-refractivity contribution in [1.82, 2.24) is 19.5 Å². The Bertz CT molecular complexity index is 1300. The molecule has 0 aliphatic carbocycles. The molecule has 8 heteroatoms. The summed E-state index contributed by atoms with van der Waals surface area (Å²) in [5, 5.41) is 9.43. The molecule has 168 valence electrons. The van der Waals surface area contributed by atoms with E-state index < -0.39 is 0 Å². The summed E-state index contributed by atoms with van der Waals surface area (Å²) < 4.78 is 4.25. The van der Waals surface area contributed by atoms with Crippen LogP contribution in [0.5, 0.6) is 0 Å². The number of hydrogen-bond acceptors (Lipinski definition) is 5. The highest BCUT2D eigenvalue weighted by molar-refractivity contribution is 7.17. The van der Waals surface area contributed by atoms with Crippen LogP contribution < -0.4 is 15.8 Å². The molecule has 0 saturated heterocycles. The number of nitrogens with one attached hydrogen (secondary N) is 1. The smallest absolute Gasteiger partial charge is 0.291 e. The molecular weight excluding hydrogens is 422 g/mol. The standard InChI is InChI=1S/C24H29N5O2S/c1-4-22-26-28(24(31)20-15-21-19(29(20)22)10-13-32-21)16-23(30)25-11-7-12-27(5-2)18-9-6-8-17(3)14-18/h6,8-10,13-15H,4-5,7,11-12,16H2,1-3H3,(H,25,30). The van der Waals surface area contributed by atoms with Crippen molar-refractivity contribution in [2.24, 2.45) is 0 Å². The van der Waals surface area contributed by atoms with Crippen molar-refractivity contribution in [3.8, 4) is 0 Å². The first kappa shape index (κ1) is 22.1. The van der Waals surface area contributed by atoms with Crippen LogP contribution in [0.1, 0.15) is 31.7 Å². The average molecular weight is 452 g/mol. The van der Waals surface area contributed by atoms with E-state index in [2.05, 4.69) is 53.4 Å². The van der Waals surface area contributed by atoms with Crippen LogP contribution in [0, 0.1) is 6.92 Å². The third-order valence-corrected chi connectivity index (χ3v) is 6.51. The van der Waals surface area contributed by atoms with Gasteiger partial charge in [-0.05, 0) is 55.5 Å². The molecule has 0 fully saturated rings. The predicted molar refractivity (Wildman–Crippen MR) is 131 cm³/mol. The second kappa shape index (κ2) is 9.56. The Balaban J connectivity index is 1.39. The maximum Gasteiger partial charge on any atom is 0.291 e. The van der Waals surface area contributed by atoms with Gasteiger partial charge >= 0.3 is 0 Å². The van der Waals surface area contributed by atoms with Crippen molar-refractivity contribution >= 4 is 38.7 Å². The summed E-state index contributed by atoms with van der Waals surface area (Å²) in [6.45, 7) is 8.47. The summed E-state index contributed by atoms with van der Waals surface area (Å²) in [7, 11) is 0. The third-order valence-electron chi connectivity index (χ3n) is 5.66. The Kier molecular flexibility index (Phi) is 6.60. The predicted octanol–water partition coefficient (Wildman–Crippen LogP) is 3.61. The van der Waals surface area contributed by atoms with Gasteiger partial charge in [-0.25, -0.2) is 4.68 Å². The van der Waals surface area contributed by atoms with Gasteiger partial charge in [0.1, 0.15) is 17.9 Å². The van der Waals surface area contributed by atoms with E-state index in [-0.39, 0.29) is 18.0 Å². The molecule has 0 bridgehead atoms. The molecule has 0 spiro atoms. The molecule has 0 aliphatic rings. The molecule has 0 unspecified atom stereocenters. The summed E-state index contributed by atoms with van der Waals surface area (Å²) in [5.74, 6) is 0.579. The van der Waals surface area contributed by atoms with Gasteiger partial charge in [0.25, 0.3) is 5.56 Å². The van der Waals surface area contributed by atoms with E-state index >= 15 is 0 Å². The van der Waals surface area contributed by atoms with E-state index in [9.17, 15) is 9.59 Å². The van der Waals surface area contributed by atoms with Gasteiger partial charge in [0.05, 0.1) is 10.2 Å². The van der Waals surface area contributed by atoms with Crippen molar-refractivity contribution in [2.45, 2.75) is 40.2 Å². The molecule has 0 aliphatic heterocycles. The summed E-state index contributed by atoms with van der Waals surface area (Å²) in [6, 6.07) is 12.3. The molecule has 4 aromatic rings. The van der Waals surface area contributed by atoms with Gasteiger partial charge in [0.2, 0.25) is 5.91 Å². The number of rotatable bonds is 9. The lowest BCUT2D eigenvalue weighted by Crippen LogP contribution is -2.36. The minimum Gasteiger partial charge on any atom is -0.372 e. The molecule has 1 amide bonds. The number of carbonyl (C=O) groups excluding carboxylic acids is 1. The monoisotopic (exact) mass is 451 g/mol. The second-order valence-electron chi connectivity index (χ2n) is 7.89. The minimum absolute atomic E-state index is 0.0729. The number of aryl methyl sites for hydroxylation is 2. The molecule has 7 nitrogen and oxygen atoms in total. The summed E-state index contributed by atoms with van der Waals surface area (Å²) in [4.78, 5) is 27.8. The quantitative estimate of drug-likeness (QED) is 0.395. The van der Waals surface area contributed by atoms with Gasteiger partial charge in [0, 0.05) is 31.7 Å². The fourth-order valence-corrected chi connectivity index (χ4v) is 4.85. The van der Waals surface area contributed by atoms with Crippen molar-refractivity contribution in [3.63, 3.8) is 0 Å². The van der Waals surface area contributed by atoms with Crippen LogP contribution >= 0.6 is 11.3 Å². The van der Waals surface area contributed by atoms with E-state index in [1.54, 1.807) is 11.3 Å². The van der Waals surface area contributed by atoms with Gasteiger partial charge in [-0.1, -0.05) is 19.1 Å². The molecule has 4 rings (SSSR count). The zero-order valence-electron chi connectivity index (χ0n) is 18.8. The molecule has 0 atom stereocenters. The number of thiophene rings is 1. The molecule has 1 aromatic carbocycles. The number of aromatic nitrogens is 3. The highest BCUT2D eigenvalue weighted by atomic mass is 32.1. The lowest BCUT2D eigenvalue weighted by atomic mass is 10.2. The van der Waals surface area contributed by atoms with Crippen LogP contribution in [0.15, 0.2) is 46.6 Å². The van der Waals surface area contributed by atoms with Crippen molar-refractivity contribution in [1.29, 1.82) is 0 Å². The van der Waals surface area contributed by atoms with Crippen LogP contribution in [0.25, 0.3) is 15.7 Å². The van der Waals surface area contributed by atoms with E-state index in [0.29, 0.717) is 18.5 Å². The number of amides is 1. The highest BCUT2D eigenvalue weighted by Gasteiger charge is 2.15. The summed E-state index contributed by atoms with van der Waals surface area (Å²) in [5.41, 5.74) is 3.76. The number of nitrogens with zero attached hydrogens (tertiary/aromatic N) is 4. The zero-order chi connectivity index (χ0) is 22.7. The third kappa shape index (κ3) is 4.41. The molecule has 32 heavy (non-hydrogen) atoms. The highest BCUT2D eigenvalue weighted by Crippen LogP contribution is 2.24. The van der Waals surface area contributed by atoms with E-state index in [1.807, 2.05) is 28.8 Å². The van der Waals surface area contributed by atoms with Crippen molar-refractivity contribution in [3.05, 3.63) is 63.5 Å². The number of fused-ring (bicyclic) bond motifs is 3. The molecule has 0 radical (unpaired) electrons. The van der Waals surface area contributed by atoms with Crippen molar-refractivity contribution < 1.29 is 4.79 Å². The van der Waals surface area contributed by atoms with E-state index in [1.165, 1.54) is 15.9 Å². The number of anilines is 1. The first-order valence-electron chi connectivity index (χ1n) is 11.1. The normalized spacial score (nSPS) is 11.3. The zero-order valence-corrected chi connectivity index (χ0v) is 19.6. The van der Waals surface area contributed by atoms with Crippen LogP contribution in [-0.2, 0) is 17.8 Å². The van der Waals surface area contributed by atoms with E-state index in [4.69, 9.17) is 0 Å². The van der Waals surface area contributed by atoms with Gasteiger partial charge in [0.15, 0.2) is 0 Å². The number of hydrogen-bond donors (Lipinski definition) is 1. The first-order valence-corrected chi connectivity index (χ1v) is 12.0. The summed E-state index contributed by atoms with van der Waals surface area (Å²) >= 11 is 1.60. The molecule has 3 heterocycles. The van der Waals surface area contributed by atoms with Crippen LogP contribution in [0.4, 0.5) is 5.69 Å². The van der Waals surface area contributed by atoms with Gasteiger partial charge < -0.3 is 10.2 Å². The molecule has 0 saturated carbocycles. The maximum absolute atomic E-state index is 12.9. The first-order chi connectivity index (χ1) is 15.5. The topological polar surface area (TPSA) is 71.6 Å². The lowest BCUT2D eigenvalue weighted by molar-refractivity contribution is -0.121. The SMILES string of the molecule is CCc1nn(CC(=O)NCCCN(CC)c2cccc(C)c2)c(=O)c2cc3sccc3n12. The van der Waals surface area contributed by atoms with Gasteiger partial charge in [-0.2, -0.15) is 5.10 Å². The molecule has 1 N–H and O–H groups in total. The lowest BCUT2D eigenvalue weighted by Gasteiger charge is -2.23. The molecule has 3 aromatic heterocycles. The Morgan fingerprint density at radius 3 is 2.78 bits per heavy atom. The maximum atomic E-state index is 12.9. The fourth-order valence-electron chi connectivity index (χ4n) is 4.04. The number of carbonyl (C=O) groups is 1. The summed E-state index contributed by atoms with van der Waals surface area (Å²) in [6.07, 6.45) is 1.49.